The van der Waals surface area contributed by atoms with E-state index >= 15 is 0 Å². The molecule has 0 amide bonds. The highest BCUT2D eigenvalue weighted by Crippen LogP contribution is 2.30. The highest BCUT2D eigenvalue weighted by Gasteiger charge is 2.20. The van der Waals surface area contributed by atoms with Gasteiger partial charge < -0.3 is 18.7 Å². The molecule has 128 valence electrons. The van der Waals surface area contributed by atoms with Crippen LogP contribution in [0.1, 0.15) is 17.0 Å². The molecule has 0 bridgehead atoms. The van der Waals surface area contributed by atoms with Gasteiger partial charge >= 0.3 is 0 Å². The number of aromatic nitrogens is 1. The van der Waals surface area contributed by atoms with Crippen LogP contribution in [0.25, 0.3) is 0 Å². The standard InChI is InChI=1S/C20H19NO4/c1-2-6-15(7-3-1)10-16-11-17(25-21-16)12-22-13-18-14-23-19-8-4-5-9-20(19)24-18/h1-9,11,18H,10,12-14H2. The van der Waals surface area contributed by atoms with Gasteiger partial charge in [-0.3, -0.25) is 0 Å². The van der Waals surface area contributed by atoms with Crippen LogP contribution in [-0.2, 0) is 17.8 Å². The van der Waals surface area contributed by atoms with E-state index in [0.29, 0.717) is 25.6 Å². The third kappa shape index (κ3) is 4.00. The predicted octanol–water partition coefficient (Wildman–Crippen LogP) is 3.62. The molecule has 0 aliphatic carbocycles. The lowest BCUT2D eigenvalue weighted by Gasteiger charge is -2.26. The van der Waals surface area contributed by atoms with Crippen molar-refractivity contribution in [3.8, 4) is 11.5 Å². The molecule has 4 rings (SSSR count). The van der Waals surface area contributed by atoms with Crippen molar-refractivity contribution in [1.29, 1.82) is 0 Å². The van der Waals surface area contributed by atoms with Gasteiger partial charge in [-0.25, -0.2) is 0 Å². The summed E-state index contributed by atoms with van der Waals surface area (Å²) in [5.41, 5.74) is 2.10. The molecular formula is C20H19NO4. The lowest BCUT2D eigenvalue weighted by molar-refractivity contribution is -0.00265. The molecule has 1 atom stereocenters. The maximum Gasteiger partial charge on any atom is 0.162 e. The van der Waals surface area contributed by atoms with Gasteiger partial charge in [-0.05, 0) is 17.7 Å². The number of fused-ring (bicyclic) bond motifs is 1. The average molecular weight is 337 g/mol. The van der Waals surface area contributed by atoms with E-state index in [0.717, 1.165) is 23.6 Å². The summed E-state index contributed by atoms with van der Waals surface area (Å²) in [4.78, 5) is 0. The van der Waals surface area contributed by atoms with Gasteiger partial charge in [-0.1, -0.05) is 47.6 Å². The molecular weight excluding hydrogens is 318 g/mol. The van der Waals surface area contributed by atoms with Crippen molar-refractivity contribution in [2.75, 3.05) is 13.2 Å². The number of para-hydroxylation sites is 2. The van der Waals surface area contributed by atoms with Crippen molar-refractivity contribution >= 4 is 0 Å². The smallest absolute Gasteiger partial charge is 0.162 e. The molecule has 0 saturated carbocycles. The van der Waals surface area contributed by atoms with Gasteiger partial charge in [0.05, 0.1) is 12.3 Å². The van der Waals surface area contributed by atoms with Crippen molar-refractivity contribution in [2.45, 2.75) is 19.1 Å². The van der Waals surface area contributed by atoms with E-state index in [1.165, 1.54) is 5.56 Å². The van der Waals surface area contributed by atoms with E-state index in [9.17, 15) is 0 Å². The summed E-state index contributed by atoms with van der Waals surface area (Å²) in [6.45, 7) is 1.28. The summed E-state index contributed by atoms with van der Waals surface area (Å²) in [6.07, 6.45) is 0.627. The maximum atomic E-state index is 5.86. The van der Waals surface area contributed by atoms with Crippen molar-refractivity contribution in [3.05, 3.63) is 77.7 Å². The third-order valence-electron chi connectivity index (χ3n) is 3.95. The maximum absolute atomic E-state index is 5.86. The summed E-state index contributed by atoms with van der Waals surface area (Å²) in [5, 5.41) is 4.10. The molecule has 0 radical (unpaired) electrons. The van der Waals surface area contributed by atoms with Crippen LogP contribution in [-0.4, -0.2) is 24.5 Å². The third-order valence-corrected chi connectivity index (χ3v) is 3.95. The predicted molar refractivity (Wildman–Crippen MR) is 91.8 cm³/mol. The highest BCUT2D eigenvalue weighted by molar-refractivity contribution is 5.40. The second-order valence-electron chi connectivity index (χ2n) is 5.96. The largest absolute Gasteiger partial charge is 0.486 e. The quantitative estimate of drug-likeness (QED) is 0.687. The van der Waals surface area contributed by atoms with E-state index in [2.05, 4.69) is 17.3 Å². The van der Waals surface area contributed by atoms with Crippen LogP contribution in [0.5, 0.6) is 11.5 Å². The van der Waals surface area contributed by atoms with E-state index in [4.69, 9.17) is 18.7 Å². The van der Waals surface area contributed by atoms with E-state index in [1.807, 2.05) is 48.5 Å². The summed E-state index contributed by atoms with van der Waals surface area (Å²) >= 11 is 0. The first-order valence-corrected chi connectivity index (χ1v) is 8.31. The minimum absolute atomic E-state index is 0.124. The fourth-order valence-corrected chi connectivity index (χ4v) is 2.75. The number of rotatable bonds is 6. The van der Waals surface area contributed by atoms with Crippen molar-refractivity contribution < 1.29 is 18.7 Å². The average Bonchev–Trinajstić information content (AvgIpc) is 3.10. The second kappa shape index (κ2) is 7.40. The van der Waals surface area contributed by atoms with Crippen LogP contribution in [0, 0.1) is 0 Å². The molecule has 0 fully saturated rings. The van der Waals surface area contributed by atoms with E-state index in [-0.39, 0.29) is 6.10 Å². The minimum atomic E-state index is -0.124. The lowest BCUT2D eigenvalue weighted by Crippen LogP contribution is -2.33. The number of hydrogen-bond donors (Lipinski definition) is 0. The molecule has 1 aromatic heterocycles. The first kappa shape index (κ1) is 15.7. The van der Waals surface area contributed by atoms with Crippen LogP contribution >= 0.6 is 0 Å². The number of hydrogen-bond acceptors (Lipinski definition) is 5. The van der Waals surface area contributed by atoms with Gasteiger partial charge in [0.15, 0.2) is 23.4 Å². The molecule has 1 unspecified atom stereocenters. The molecule has 3 aromatic rings. The fraction of sp³-hybridized carbons (Fsp3) is 0.250. The Morgan fingerprint density at radius 1 is 1.00 bits per heavy atom. The second-order valence-corrected chi connectivity index (χ2v) is 5.96. The number of benzene rings is 2. The molecule has 0 N–H and O–H groups in total. The Morgan fingerprint density at radius 2 is 1.80 bits per heavy atom. The molecule has 5 nitrogen and oxygen atoms in total. The molecule has 1 aliphatic heterocycles. The van der Waals surface area contributed by atoms with Gasteiger partial charge in [0.2, 0.25) is 0 Å². The highest BCUT2D eigenvalue weighted by atomic mass is 16.6. The van der Waals surface area contributed by atoms with Crippen molar-refractivity contribution in [2.24, 2.45) is 0 Å². The van der Waals surface area contributed by atoms with Gasteiger partial charge in [0.1, 0.15) is 13.2 Å². The zero-order chi connectivity index (χ0) is 16.9. The summed E-state index contributed by atoms with van der Waals surface area (Å²) in [5.74, 6) is 2.25. The fourth-order valence-electron chi connectivity index (χ4n) is 2.75. The Hall–Kier alpha value is -2.79. The van der Waals surface area contributed by atoms with Crippen LogP contribution in [0.15, 0.2) is 65.2 Å². The molecule has 0 spiro atoms. The van der Waals surface area contributed by atoms with Gasteiger partial charge in [-0.2, -0.15) is 0 Å². The lowest BCUT2D eigenvalue weighted by atomic mass is 10.1. The zero-order valence-electron chi connectivity index (χ0n) is 13.8. The monoisotopic (exact) mass is 337 g/mol. The summed E-state index contributed by atoms with van der Waals surface area (Å²) < 4.78 is 22.6. The van der Waals surface area contributed by atoms with Crippen molar-refractivity contribution in [3.63, 3.8) is 0 Å². The Labute approximate surface area is 146 Å². The van der Waals surface area contributed by atoms with E-state index < -0.39 is 0 Å². The topological polar surface area (TPSA) is 53.7 Å². The van der Waals surface area contributed by atoms with Crippen LogP contribution in [0.2, 0.25) is 0 Å². The first-order valence-electron chi connectivity index (χ1n) is 8.31. The normalized spacial score (nSPS) is 15.9. The molecule has 25 heavy (non-hydrogen) atoms. The first-order chi connectivity index (χ1) is 12.4. The molecule has 2 heterocycles. The number of ether oxygens (including phenoxy) is 3. The van der Waals surface area contributed by atoms with Crippen LogP contribution < -0.4 is 9.47 Å². The van der Waals surface area contributed by atoms with Gasteiger partial charge in [-0.15, -0.1) is 0 Å². The minimum Gasteiger partial charge on any atom is -0.486 e. The Kier molecular flexibility index (Phi) is 4.65. The Balaban J connectivity index is 1.26. The Morgan fingerprint density at radius 3 is 2.68 bits per heavy atom. The van der Waals surface area contributed by atoms with Crippen molar-refractivity contribution in [1.82, 2.24) is 5.16 Å². The summed E-state index contributed by atoms with van der Waals surface area (Å²) in [7, 11) is 0. The van der Waals surface area contributed by atoms with Crippen LogP contribution in [0.4, 0.5) is 0 Å². The summed E-state index contributed by atoms with van der Waals surface area (Å²) in [6, 6.07) is 19.8. The van der Waals surface area contributed by atoms with Gasteiger partial charge in [0, 0.05) is 12.5 Å². The van der Waals surface area contributed by atoms with E-state index in [1.54, 1.807) is 0 Å². The molecule has 0 saturated heterocycles. The van der Waals surface area contributed by atoms with Gasteiger partial charge in [0.25, 0.3) is 0 Å². The SMILES string of the molecule is c1ccc(Cc2cc(COCC3COc4ccccc4O3)on2)cc1. The molecule has 1 aliphatic rings. The Bertz CT molecular complexity index is 815. The number of nitrogens with zero attached hydrogens (tertiary/aromatic N) is 1. The molecule has 2 aromatic carbocycles. The van der Waals surface area contributed by atoms with Crippen LogP contribution in [0.3, 0.4) is 0 Å². The molecule has 5 heteroatoms. The zero-order valence-corrected chi connectivity index (χ0v) is 13.8.